The van der Waals surface area contributed by atoms with E-state index in [4.69, 9.17) is 14.2 Å². The summed E-state index contributed by atoms with van der Waals surface area (Å²) in [5, 5.41) is 17.6. The molecule has 2 fully saturated rings. The van der Waals surface area contributed by atoms with Gasteiger partial charge in [0, 0.05) is 31.7 Å². The highest BCUT2D eigenvalue weighted by Crippen LogP contribution is 2.33. The number of imide groups is 2. The zero-order valence-corrected chi connectivity index (χ0v) is 42.1. The van der Waals surface area contributed by atoms with Gasteiger partial charge in [0.15, 0.2) is 18.1 Å². The van der Waals surface area contributed by atoms with Crippen LogP contribution in [0.4, 0.5) is 5.69 Å². The monoisotopic (exact) mass is 975 g/mol. The molecule has 0 spiro atoms. The second-order valence-corrected chi connectivity index (χ2v) is 17.6. The van der Waals surface area contributed by atoms with E-state index in [0.717, 1.165) is 72.3 Å². The number of carboxylic acid groups (broad SMARTS) is 1. The van der Waals surface area contributed by atoms with Crippen LogP contribution < -0.4 is 30.2 Å². The van der Waals surface area contributed by atoms with E-state index in [9.17, 15) is 38.7 Å². The zero-order valence-electron chi connectivity index (χ0n) is 42.1. The Morgan fingerprint density at radius 1 is 0.746 bits per heavy atom. The number of piperidine rings is 2. The number of ether oxygens (including phenoxy) is 3. The van der Waals surface area contributed by atoms with Crippen molar-refractivity contribution >= 4 is 47.1 Å². The number of para-hydroxylation sites is 1. The van der Waals surface area contributed by atoms with Crippen molar-refractivity contribution < 1.29 is 52.9 Å². The van der Waals surface area contributed by atoms with Gasteiger partial charge in [-0.2, -0.15) is 0 Å². The van der Waals surface area contributed by atoms with Crippen LogP contribution >= 0.6 is 0 Å². The fourth-order valence-electron chi connectivity index (χ4n) is 8.87. The molecule has 0 aromatic heterocycles. The predicted molar refractivity (Wildman–Crippen MR) is 270 cm³/mol. The minimum atomic E-state index is -0.990. The van der Waals surface area contributed by atoms with Gasteiger partial charge in [0.05, 0.1) is 31.8 Å². The minimum Gasteiger partial charge on any atom is -0.493 e. The Hall–Kier alpha value is -7.23. The van der Waals surface area contributed by atoms with Crippen LogP contribution in [0.2, 0.25) is 0 Å². The first-order valence-corrected chi connectivity index (χ1v) is 24.6. The maximum Gasteiger partial charge on any atom is 0.326 e. The number of unbranched alkanes of at least 4 members (excludes halogenated alkanes) is 1. The Labute approximate surface area is 416 Å². The van der Waals surface area contributed by atoms with Crippen molar-refractivity contribution in [1.82, 2.24) is 20.4 Å². The summed E-state index contributed by atoms with van der Waals surface area (Å²) in [5.74, 6) is -1.43. The second kappa shape index (κ2) is 26.7. The van der Waals surface area contributed by atoms with Crippen molar-refractivity contribution in [3.8, 4) is 17.2 Å². The molecule has 3 aliphatic rings. The number of methoxy groups -OCH3 is 2. The molecule has 0 aliphatic carbocycles. The highest BCUT2D eigenvalue weighted by Gasteiger charge is 2.44. The molecule has 2 atom stereocenters. The van der Waals surface area contributed by atoms with Gasteiger partial charge in [-0.05, 0) is 142 Å². The number of benzene rings is 4. The average molecular weight is 976 g/mol. The van der Waals surface area contributed by atoms with E-state index in [1.807, 2.05) is 51.1 Å². The number of hydrogen-bond donors (Lipinski definition) is 4. The summed E-state index contributed by atoms with van der Waals surface area (Å²) >= 11 is 0. The van der Waals surface area contributed by atoms with Gasteiger partial charge in [0.25, 0.3) is 17.7 Å². The number of nitrogens with zero attached hydrogens (tertiary/aromatic N) is 2. The molecule has 6 amide bonds. The number of nitrogens with one attached hydrogen (secondary N) is 3. The van der Waals surface area contributed by atoms with E-state index in [0.29, 0.717) is 43.2 Å². The lowest BCUT2D eigenvalue weighted by Crippen LogP contribution is -2.54. The quantitative estimate of drug-likeness (QED) is 0.0539. The number of aliphatic carboxylic acids is 1. The third kappa shape index (κ3) is 14.7. The molecule has 4 N–H and O–H groups in total. The Balaban J connectivity index is 0.000000314. The first kappa shape index (κ1) is 54.7. The number of likely N-dealkylation sites (tertiary alicyclic amines) is 1. The van der Waals surface area contributed by atoms with E-state index in [1.54, 1.807) is 38.5 Å². The molecule has 0 saturated carbocycles. The van der Waals surface area contributed by atoms with Gasteiger partial charge in [-0.25, -0.2) is 4.79 Å². The fourth-order valence-corrected chi connectivity index (χ4v) is 8.87. The third-order valence-electron chi connectivity index (χ3n) is 12.7. The maximum atomic E-state index is 13.0. The van der Waals surface area contributed by atoms with Gasteiger partial charge in [0.1, 0.15) is 17.8 Å². The van der Waals surface area contributed by atoms with Crippen LogP contribution in [0, 0.1) is 20.8 Å². The fraction of sp³-hybridized carbons (Fsp3) is 0.436. The molecule has 7 rings (SSSR count). The van der Waals surface area contributed by atoms with Crippen LogP contribution in [0.15, 0.2) is 72.8 Å². The van der Waals surface area contributed by atoms with Crippen molar-refractivity contribution in [3.63, 3.8) is 0 Å². The van der Waals surface area contributed by atoms with Gasteiger partial charge in [-0.15, -0.1) is 0 Å². The highest BCUT2D eigenvalue weighted by atomic mass is 16.5. The largest absolute Gasteiger partial charge is 0.493 e. The van der Waals surface area contributed by atoms with Gasteiger partial charge >= 0.3 is 5.97 Å². The third-order valence-corrected chi connectivity index (χ3v) is 12.7. The van der Waals surface area contributed by atoms with Gasteiger partial charge < -0.3 is 34.9 Å². The molecule has 0 radical (unpaired) electrons. The van der Waals surface area contributed by atoms with Crippen LogP contribution in [0.3, 0.4) is 0 Å². The smallest absolute Gasteiger partial charge is 0.326 e. The topological polar surface area (TPSA) is 210 Å². The molecule has 4 aromatic carbocycles. The van der Waals surface area contributed by atoms with Crippen LogP contribution in [0.25, 0.3) is 0 Å². The van der Waals surface area contributed by atoms with E-state index < -0.39 is 41.7 Å². The van der Waals surface area contributed by atoms with E-state index >= 15 is 0 Å². The van der Waals surface area contributed by atoms with Crippen LogP contribution in [0.1, 0.15) is 119 Å². The molecular formula is C55H69N5O11. The summed E-state index contributed by atoms with van der Waals surface area (Å²) in [6, 6.07) is 21.3. The molecule has 2 saturated heterocycles. The normalized spacial score (nSPS) is 16.1. The molecule has 3 heterocycles. The molecule has 4 aromatic rings. The molecule has 16 nitrogen and oxygen atoms in total. The summed E-state index contributed by atoms with van der Waals surface area (Å²) < 4.78 is 16.5. The van der Waals surface area contributed by atoms with Gasteiger partial charge in [0.2, 0.25) is 17.7 Å². The molecule has 380 valence electrons. The number of amides is 6. The number of anilines is 1. The number of aryl methyl sites for hydroxylation is 5. The molecule has 2 unspecified atom stereocenters. The highest BCUT2D eigenvalue weighted by molar-refractivity contribution is 6.23. The Kier molecular flexibility index (Phi) is 20.5. The Morgan fingerprint density at radius 2 is 1.48 bits per heavy atom. The number of carboxylic acids is 1. The molecular weight excluding hydrogens is 907 g/mol. The maximum absolute atomic E-state index is 13.0. The van der Waals surface area contributed by atoms with E-state index in [-0.39, 0.29) is 48.8 Å². The van der Waals surface area contributed by atoms with Crippen molar-refractivity contribution in [3.05, 3.63) is 117 Å². The minimum absolute atomic E-state index is 0.0515. The molecule has 3 aliphatic heterocycles. The summed E-state index contributed by atoms with van der Waals surface area (Å²) in [7, 11) is 3.12. The lowest BCUT2D eigenvalue weighted by Gasteiger charge is -2.33. The van der Waals surface area contributed by atoms with Crippen molar-refractivity contribution in [1.29, 1.82) is 0 Å². The molecule has 0 bridgehead atoms. The number of rotatable bonds is 19. The number of hydrogen-bond acceptors (Lipinski definition) is 11. The standard InChI is InChI=1S/C36H40N4O6.C17H23NO5.C2H6/c1-23-12-13-25(20-24(23)2)8-7-10-26-9-3-4-11-31(26)46-22-33(42)38-19-6-5-18-37-27-14-15-28-29(21-27)36(45)40(35(28)44)30-16-17-32(41)39-34(30)43;1-11-8-12(9-14(22-2)16(11)23-3)10-15(19)18-7-5-4-6-13(18)17(20)21;1-2/h3-4,9,11-15,20-21,30,37H,5-8,10,16-19,22H2,1-2H3,(H,38,42)(H,39,41,43);8-9,13H,4-7,10H2,1-3H3,(H,20,21);1-2H3. The first-order chi connectivity index (χ1) is 34.2. The van der Waals surface area contributed by atoms with Crippen LogP contribution in [-0.2, 0) is 43.2 Å². The van der Waals surface area contributed by atoms with Gasteiger partial charge in [-0.3, -0.25) is 39.0 Å². The second-order valence-electron chi connectivity index (χ2n) is 17.6. The SMILES string of the molecule is CC.COc1cc(CC(=O)N2CCCCC2C(=O)O)cc(C)c1OC.Cc1ccc(CCCc2ccccc2OCC(=O)NCCCCNc2ccc3c(c2)C(=O)N(C2CCC(=O)NC2=O)C3=O)cc1C. The van der Waals surface area contributed by atoms with Crippen LogP contribution in [0.5, 0.6) is 17.2 Å². The predicted octanol–water partition coefficient (Wildman–Crippen LogP) is 7.31. The number of fused-ring (bicyclic) bond motifs is 1. The van der Waals surface area contributed by atoms with Crippen molar-refractivity contribution in [2.75, 3.05) is 45.8 Å². The zero-order chi connectivity index (χ0) is 51.6. The Bertz CT molecular complexity index is 2560. The van der Waals surface area contributed by atoms with E-state index in [2.05, 4.69) is 48.0 Å². The van der Waals surface area contributed by atoms with Gasteiger partial charge in [-0.1, -0.05) is 56.3 Å². The lowest BCUT2D eigenvalue weighted by atomic mass is 10.00. The van der Waals surface area contributed by atoms with Crippen LogP contribution in [-0.4, -0.2) is 109 Å². The van der Waals surface area contributed by atoms with Crippen molar-refractivity contribution in [2.45, 2.75) is 117 Å². The summed E-state index contributed by atoms with van der Waals surface area (Å²) in [6.45, 7) is 11.7. The first-order valence-electron chi connectivity index (χ1n) is 24.6. The lowest BCUT2D eigenvalue weighted by molar-refractivity contribution is -0.151. The van der Waals surface area contributed by atoms with E-state index in [1.165, 1.54) is 21.6 Å². The number of carbonyl (C=O) groups excluding carboxylic acids is 6. The average Bonchev–Trinajstić information content (AvgIpc) is 3.61. The summed E-state index contributed by atoms with van der Waals surface area (Å²) in [6.07, 6.45) is 6.90. The Morgan fingerprint density at radius 3 is 2.20 bits per heavy atom. The van der Waals surface area contributed by atoms with Crippen molar-refractivity contribution in [2.24, 2.45) is 0 Å². The summed E-state index contributed by atoms with van der Waals surface area (Å²) in [4.78, 5) is 88.3. The summed E-state index contributed by atoms with van der Waals surface area (Å²) in [5.41, 5.74) is 7.84. The number of carbonyl (C=O) groups is 7. The molecule has 16 heteroatoms. The molecule has 71 heavy (non-hydrogen) atoms.